The highest BCUT2D eigenvalue weighted by atomic mass is 19.1. The monoisotopic (exact) mass is 271 g/mol. The zero-order chi connectivity index (χ0) is 13.9. The molecule has 1 amide bonds. The molecule has 2 N–H and O–H groups in total. The molecule has 0 bridgehead atoms. The molecule has 20 heavy (non-hydrogen) atoms. The maximum Gasteiger partial charge on any atom is 0.241 e. The lowest BCUT2D eigenvalue weighted by Gasteiger charge is -2.25. The molecule has 0 saturated carbocycles. The zero-order valence-corrected chi connectivity index (χ0v) is 10.8. The highest BCUT2D eigenvalue weighted by Crippen LogP contribution is 2.17. The Balaban J connectivity index is 1.68. The molecule has 4 nitrogen and oxygen atoms in total. The van der Waals surface area contributed by atoms with Crippen LogP contribution in [0.15, 0.2) is 42.6 Å². The van der Waals surface area contributed by atoms with Crippen molar-refractivity contribution in [1.29, 1.82) is 0 Å². The number of benzene rings is 1. The summed E-state index contributed by atoms with van der Waals surface area (Å²) in [6, 6.07) is 10.5. The summed E-state index contributed by atoms with van der Waals surface area (Å²) < 4.78 is 12.7. The second-order valence-electron chi connectivity index (χ2n) is 4.77. The summed E-state index contributed by atoms with van der Waals surface area (Å²) in [4.78, 5) is 15.7. The SMILES string of the molecule is O=C(Nc1ccc(F)nc1)[C@H]1Cc2ccccc2CN1. The minimum absolute atomic E-state index is 0.132. The molecule has 0 spiro atoms. The Morgan fingerprint density at radius 1 is 1.25 bits per heavy atom. The summed E-state index contributed by atoms with van der Waals surface area (Å²) >= 11 is 0. The molecule has 1 atom stereocenters. The van der Waals surface area contributed by atoms with Gasteiger partial charge < -0.3 is 10.6 Å². The van der Waals surface area contributed by atoms with Crippen LogP contribution in [-0.2, 0) is 17.8 Å². The summed E-state index contributed by atoms with van der Waals surface area (Å²) in [5.41, 5.74) is 2.90. The van der Waals surface area contributed by atoms with Crippen LogP contribution in [0.25, 0.3) is 0 Å². The van der Waals surface area contributed by atoms with Crippen LogP contribution >= 0.6 is 0 Å². The van der Waals surface area contributed by atoms with E-state index in [1.165, 1.54) is 29.5 Å². The number of carbonyl (C=O) groups excluding carboxylic acids is 1. The molecule has 0 aliphatic carbocycles. The van der Waals surface area contributed by atoms with Crippen molar-refractivity contribution < 1.29 is 9.18 Å². The molecule has 0 fully saturated rings. The fourth-order valence-electron chi connectivity index (χ4n) is 2.32. The highest BCUT2D eigenvalue weighted by molar-refractivity contribution is 5.95. The zero-order valence-electron chi connectivity index (χ0n) is 10.8. The first-order valence-electron chi connectivity index (χ1n) is 6.45. The second kappa shape index (κ2) is 5.38. The van der Waals surface area contributed by atoms with Crippen LogP contribution in [0, 0.1) is 5.95 Å². The Morgan fingerprint density at radius 3 is 2.80 bits per heavy atom. The van der Waals surface area contributed by atoms with E-state index < -0.39 is 5.95 Å². The van der Waals surface area contributed by atoms with Crippen molar-refractivity contribution in [3.05, 3.63) is 59.7 Å². The Bertz CT molecular complexity index is 627. The number of fused-ring (bicyclic) bond motifs is 1. The van der Waals surface area contributed by atoms with E-state index in [9.17, 15) is 9.18 Å². The average molecular weight is 271 g/mol. The smallest absolute Gasteiger partial charge is 0.241 e. The second-order valence-corrected chi connectivity index (χ2v) is 4.77. The van der Waals surface area contributed by atoms with Crippen molar-refractivity contribution >= 4 is 11.6 Å². The van der Waals surface area contributed by atoms with Crippen LogP contribution in [0.2, 0.25) is 0 Å². The molecule has 1 aliphatic rings. The number of amides is 1. The number of nitrogens with one attached hydrogen (secondary N) is 2. The highest BCUT2D eigenvalue weighted by Gasteiger charge is 2.23. The minimum Gasteiger partial charge on any atom is -0.323 e. The van der Waals surface area contributed by atoms with Gasteiger partial charge in [0.25, 0.3) is 0 Å². The third-order valence-electron chi connectivity index (χ3n) is 3.39. The van der Waals surface area contributed by atoms with Crippen LogP contribution < -0.4 is 10.6 Å². The Morgan fingerprint density at radius 2 is 2.05 bits per heavy atom. The third kappa shape index (κ3) is 2.67. The van der Waals surface area contributed by atoms with Gasteiger partial charge in [-0.2, -0.15) is 4.39 Å². The summed E-state index contributed by atoms with van der Waals surface area (Å²) in [5.74, 6) is -0.694. The molecule has 5 heteroatoms. The van der Waals surface area contributed by atoms with E-state index in [1.807, 2.05) is 18.2 Å². The van der Waals surface area contributed by atoms with E-state index in [0.29, 0.717) is 18.7 Å². The van der Waals surface area contributed by atoms with E-state index in [0.717, 1.165) is 0 Å². The van der Waals surface area contributed by atoms with Crippen LogP contribution in [0.4, 0.5) is 10.1 Å². The Kier molecular flexibility index (Phi) is 3.43. The molecule has 102 valence electrons. The van der Waals surface area contributed by atoms with Crippen molar-refractivity contribution in [3.8, 4) is 0 Å². The van der Waals surface area contributed by atoms with E-state index in [-0.39, 0.29) is 11.9 Å². The number of hydrogen-bond acceptors (Lipinski definition) is 3. The van der Waals surface area contributed by atoms with Crippen molar-refractivity contribution in [2.75, 3.05) is 5.32 Å². The molecule has 0 radical (unpaired) electrons. The van der Waals surface area contributed by atoms with Gasteiger partial charge in [-0.1, -0.05) is 24.3 Å². The lowest BCUT2D eigenvalue weighted by atomic mass is 9.95. The van der Waals surface area contributed by atoms with Gasteiger partial charge in [0.05, 0.1) is 17.9 Å². The topological polar surface area (TPSA) is 54.0 Å². The number of aromatic nitrogens is 1. The quantitative estimate of drug-likeness (QED) is 0.820. The molecule has 1 aliphatic heterocycles. The van der Waals surface area contributed by atoms with Crippen molar-refractivity contribution in [2.45, 2.75) is 19.0 Å². The van der Waals surface area contributed by atoms with Gasteiger partial charge in [-0.3, -0.25) is 4.79 Å². The number of hydrogen-bond donors (Lipinski definition) is 2. The molecule has 1 aromatic heterocycles. The van der Waals surface area contributed by atoms with E-state index in [2.05, 4.69) is 21.7 Å². The van der Waals surface area contributed by atoms with Crippen molar-refractivity contribution in [1.82, 2.24) is 10.3 Å². The molecule has 2 aromatic rings. The van der Waals surface area contributed by atoms with Gasteiger partial charge in [0, 0.05) is 6.54 Å². The van der Waals surface area contributed by atoms with E-state index in [4.69, 9.17) is 0 Å². The average Bonchev–Trinajstić information content (AvgIpc) is 2.49. The Labute approximate surface area is 116 Å². The molecular weight excluding hydrogens is 257 g/mol. The number of nitrogens with zero attached hydrogens (tertiary/aromatic N) is 1. The van der Waals surface area contributed by atoms with Gasteiger partial charge in [-0.25, -0.2) is 4.98 Å². The standard InChI is InChI=1S/C15H14FN3O/c16-14-6-5-12(9-18-14)19-15(20)13-7-10-3-1-2-4-11(10)8-17-13/h1-6,9,13,17H,7-8H2,(H,19,20)/t13-/m1/s1. The van der Waals surface area contributed by atoms with Gasteiger partial charge in [0.2, 0.25) is 11.9 Å². The summed E-state index contributed by atoms with van der Waals surface area (Å²) in [6.07, 6.45) is 1.96. The maximum atomic E-state index is 12.7. The van der Waals surface area contributed by atoms with Crippen LogP contribution in [0.3, 0.4) is 0 Å². The van der Waals surface area contributed by atoms with Crippen molar-refractivity contribution in [2.24, 2.45) is 0 Å². The van der Waals surface area contributed by atoms with Gasteiger partial charge >= 0.3 is 0 Å². The molecule has 3 rings (SSSR count). The largest absolute Gasteiger partial charge is 0.323 e. The molecule has 0 saturated heterocycles. The minimum atomic E-state index is -0.562. The summed E-state index contributed by atoms with van der Waals surface area (Å²) in [5, 5.41) is 5.94. The fourth-order valence-corrected chi connectivity index (χ4v) is 2.32. The number of pyridine rings is 1. The summed E-state index contributed by atoms with van der Waals surface area (Å²) in [6.45, 7) is 0.677. The first-order valence-corrected chi connectivity index (χ1v) is 6.45. The number of halogens is 1. The number of rotatable bonds is 2. The molecule has 0 unspecified atom stereocenters. The van der Waals surface area contributed by atoms with Gasteiger partial charge in [-0.15, -0.1) is 0 Å². The normalized spacial score (nSPS) is 17.4. The van der Waals surface area contributed by atoms with Crippen LogP contribution in [-0.4, -0.2) is 16.9 Å². The first kappa shape index (κ1) is 12.7. The van der Waals surface area contributed by atoms with Crippen LogP contribution in [0.1, 0.15) is 11.1 Å². The lowest BCUT2D eigenvalue weighted by molar-refractivity contribution is -0.118. The van der Waals surface area contributed by atoms with E-state index in [1.54, 1.807) is 0 Å². The van der Waals surface area contributed by atoms with Gasteiger partial charge in [0.1, 0.15) is 0 Å². The number of carbonyl (C=O) groups is 1. The molecule has 2 heterocycles. The predicted molar refractivity (Wildman–Crippen MR) is 73.6 cm³/mol. The fraction of sp³-hybridized carbons (Fsp3) is 0.200. The first-order chi connectivity index (χ1) is 9.72. The van der Waals surface area contributed by atoms with Crippen LogP contribution in [0.5, 0.6) is 0 Å². The maximum absolute atomic E-state index is 12.7. The number of anilines is 1. The lowest BCUT2D eigenvalue weighted by Crippen LogP contribution is -2.44. The Hall–Kier alpha value is -2.27. The summed E-state index contributed by atoms with van der Waals surface area (Å²) in [7, 11) is 0. The van der Waals surface area contributed by atoms with Crippen molar-refractivity contribution in [3.63, 3.8) is 0 Å². The molecular formula is C15H14FN3O. The van der Waals surface area contributed by atoms with Gasteiger partial charge in [-0.05, 0) is 29.7 Å². The molecule has 1 aromatic carbocycles. The third-order valence-corrected chi connectivity index (χ3v) is 3.39. The van der Waals surface area contributed by atoms with E-state index >= 15 is 0 Å². The predicted octanol–water partition coefficient (Wildman–Crippen LogP) is 1.87. The van der Waals surface area contributed by atoms with Gasteiger partial charge in [0.15, 0.2) is 0 Å².